The number of hydrogen-bond acceptors (Lipinski definition) is 4. The van der Waals surface area contributed by atoms with Crippen LogP contribution in [0.25, 0.3) is 11.1 Å². The molecule has 0 unspecified atom stereocenters. The van der Waals surface area contributed by atoms with Gasteiger partial charge < -0.3 is 24.9 Å². The maximum Gasteiger partial charge on any atom is 0.356 e. The van der Waals surface area contributed by atoms with Crippen molar-refractivity contribution in [3.63, 3.8) is 0 Å². The minimum absolute atomic E-state index is 0.0343. The molecule has 0 saturated carbocycles. The second-order valence-electron chi connectivity index (χ2n) is 9.61. The van der Waals surface area contributed by atoms with Crippen LogP contribution in [0.3, 0.4) is 0 Å². The molecule has 200 valence electrons. The molecule has 1 aliphatic heterocycles. The van der Waals surface area contributed by atoms with Crippen molar-refractivity contribution in [1.82, 2.24) is 0 Å². The van der Waals surface area contributed by atoms with E-state index in [1.807, 2.05) is 30.3 Å². The van der Waals surface area contributed by atoms with Crippen LogP contribution < -0.4 is 10.2 Å². The summed E-state index contributed by atoms with van der Waals surface area (Å²) in [6.45, 7) is 0. The van der Waals surface area contributed by atoms with Crippen molar-refractivity contribution in [3.05, 3.63) is 113 Å². The third-order valence-electron chi connectivity index (χ3n) is 7.10. The lowest BCUT2D eigenvalue weighted by Crippen LogP contribution is -2.55. The van der Waals surface area contributed by atoms with Gasteiger partial charge in [-0.15, -0.1) is 0 Å². The molecule has 1 saturated heterocycles. The molecular formula is C30H27ClNO6P. The minimum atomic E-state index is -4.43. The summed E-state index contributed by atoms with van der Waals surface area (Å²) in [5.41, 5.74) is 3.06. The molecule has 3 atom stereocenters. The summed E-state index contributed by atoms with van der Waals surface area (Å²) in [5, 5.41) is 22.3. The fraction of sp³-hybridized carbons (Fsp3) is 0.167. The van der Waals surface area contributed by atoms with E-state index in [1.165, 1.54) is 18.2 Å². The first kappa shape index (κ1) is 27.1. The Morgan fingerprint density at radius 1 is 0.872 bits per heavy atom. The van der Waals surface area contributed by atoms with Gasteiger partial charge in [-0.25, -0.2) is 0 Å². The molecule has 39 heavy (non-hydrogen) atoms. The molecule has 1 fully saturated rings. The number of phenolic OH excluding ortho intramolecular Hbond substituents is 1. The van der Waals surface area contributed by atoms with Gasteiger partial charge in [-0.3, -0.25) is 9.36 Å². The molecule has 5 rings (SSSR count). The summed E-state index contributed by atoms with van der Waals surface area (Å²) in [6.07, 6.45) is -0.0594. The monoisotopic (exact) mass is 563 g/mol. The number of halogens is 1. The van der Waals surface area contributed by atoms with Gasteiger partial charge >= 0.3 is 7.60 Å². The third kappa shape index (κ3) is 5.64. The second-order valence-corrected chi connectivity index (χ2v) is 11.7. The zero-order valence-corrected chi connectivity index (χ0v) is 22.4. The molecule has 1 heterocycles. The number of aromatic hydroxyl groups is 1. The van der Waals surface area contributed by atoms with Gasteiger partial charge in [0.2, 0.25) is 5.91 Å². The highest BCUT2D eigenvalue weighted by atomic mass is 35.5. The summed E-state index contributed by atoms with van der Waals surface area (Å²) in [4.78, 5) is 34.1. The van der Waals surface area contributed by atoms with Crippen LogP contribution in [0.4, 0.5) is 5.69 Å². The average molecular weight is 564 g/mol. The zero-order valence-electron chi connectivity index (χ0n) is 20.8. The van der Waals surface area contributed by atoms with Gasteiger partial charge in [0, 0.05) is 16.3 Å². The maximum atomic E-state index is 13.3. The predicted molar refractivity (Wildman–Crippen MR) is 151 cm³/mol. The number of rotatable bonds is 8. The summed E-state index contributed by atoms with van der Waals surface area (Å²) in [5.74, 6) is -0.594. The number of hydrogen-bond donors (Lipinski definition) is 4. The van der Waals surface area contributed by atoms with Crippen LogP contribution in [0.2, 0.25) is 5.02 Å². The fourth-order valence-electron chi connectivity index (χ4n) is 5.12. The van der Waals surface area contributed by atoms with E-state index in [-0.39, 0.29) is 17.0 Å². The van der Waals surface area contributed by atoms with Crippen LogP contribution >= 0.6 is 19.2 Å². The molecule has 1 amide bonds. The van der Waals surface area contributed by atoms with Gasteiger partial charge in [-0.1, -0.05) is 66.2 Å². The molecule has 0 spiro atoms. The number of carbonyl (C=O) groups excluding carboxylic acids is 1. The first-order valence-electron chi connectivity index (χ1n) is 12.4. The van der Waals surface area contributed by atoms with E-state index in [0.29, 0.717) is 45.8 Å². The Kier molecular flexibility index (Phi) is 7.63. The molecular weight excluding hydrogens is 537 g/mol. The van der Waals surface area contributed by atoms with Crippen molar-refractivity contribution in [2.45, 2.75) is 25.0 Å². The number of phenols is 1. The number of β-lactam (4-membered cyclic amide) rings is 1. The Morgan fingerprint density at radius 2 is 1.59 bits per heavy atom. The van der Waals surface area contributed by atoms with E-state index in [1.54, 1.807) is 53.4 Å². The van der Waals surface area contributed by atoms with Crippen molar-refractivity contribution in [2.24, 2.45) is 5.92 Å². The van der Waals surface area contributed by atoms with Gasteiger partial charge in [-0.05, 0) is 72.0 Å². The number of anilines is 1. The normalized spacial score (nSPS) is 18.1. The topological polar surface area (TPSA) is 118 Å². The standard InChI is InChI=1S/C30H27ClNO6P/c31-22-8-4-7-21(16-22)27(33)15-14-26-29(32(30(26)35)23-9-2-1-3-10-23)25-13-12-20(18-28(25)34)19-6-5-11-24(17-19)39(36,37)38/h1-13,16-18,26-27,29,33-34H,14-15H2,(H2,36,37,38)/t26-,27+,29-/m1/s1. The number of nitrogens with zero attached hydrogens (tertiary/aromatic N) is 1. The molecule has 0 bridgehead atoms. The highest BCUT2D eigenvalue weighted by molar-refractivity contribution is 7.60. The summed E-state index contributed by atoms with van der Waals surface area (Å²) >= 11 is 6.07. The van der Waals surface area contributed by atoms with E-state index < -0.39 is 25.7 Å². The summed E-state index contributed by atoms with van der Waals surface area (Å²) in [6, 6.07) is 26.8. The van der Waals surface area contributed by atoms with E-state index in [0.717, 1.165) is 0 Å². The summed E-state index contributed by atoms with van der Waals surface area (Å²) in [7, 11) is -4.43. The first-order valence-corrected chi connectivity index (χ1v) is 14.4. The van der Waals surface area contributed by atoms with E-state index in [2.05, 4.69) is 0 Å². The van der Waals surface area contributed by atoms with Crippen molar-refractivity contribution in [2.75, 3.05) is 4.90 Å². The number of aliphatic hydroxyl groups excluding tert-OH is 1. The highest BCUT2D eigenvalue weighted by Crippen LogP contribution is 2.49. The molecule has 4 aromatic rings. The van der Waals surface area contributed by atoms with Crippen LogP contribution in [-0.2, 0) is 9.36 Å². The molecule has 4 N–H and O–H groups in total. The quantitative estimate of drug-likeness (QED) is 0.160. The third-order valence-corrected chi connectivity index (χ3v) is 8.28. The van der Waals surface area contributed by atoms with Gasteiger partial charge in [0.25, 0.3) is 0 Å². The lowest BCUT2D eigenvalue weighted by atomic mass is 9.77. The summed E-state index contributed by atoms with van der Waals surface area (Å²) < 4.78 is 11.7. The van der Waals surface area contributed by atoms with Crippen molar-refractivity contribution < 1.29 is 29.4 Å². The number of carbonyl (C=O) groups is 1. The maximum absolute atomic E-state index is 13.3. The van der Waals surface area contributed by atoms with Crippen LogP contribution in [0.1, 0.15) is 36.1 Å². The molecule has 0 aliphatic carbocycles. The smallest absolute Gasteiger partial charge is 0.356 e. The van der Waals surface area contributed by atoms with Gasteiger partial charge in [0.1, 0.15) is 5.75 Å². The largest absolute Gasteiger partial charge is 0.508 e. The Morgan fingerprint density at radius 3 is 2.28 bits per heavy atom. The fourth-order valence-corrected chi connectivity index (χ4v) is 5.91. The first-order chi connectivity index (χ1) is 18.6. The SMILES string of the molecule is O=C1[C@H](CC[C@H](O)c2cccc(Cl)c2)[C@@H](c2ccc(-c3cccc(P(=O)(O)O)c3)cc2O)N1c1ccccc1. The Bertz CT molecular complexity index is 1560. The van der Waals surface area contributed by atoms with Crippen LogP contribution in [0.5, 0.6) is 5.75 Å². The van der Waals surface area contributed by atoms with Crippen molar-refractivity contribution in [1.29, 1.82) is 0 Å². The van der Waals surface area contributed by atoms with Gasteiger partial charge in [0.05, 0.1) is 23.4 Å². The number of benzene rings is 4. The highest BCUT2D eigenvalue weighted by Gasteiger charge is 2.49. The predicted octanol–water partition coefficient (Wildman–Crippen LogP) is 5.73. The molecule has 0 radical (unpaired) electrons. The van der Waals surface area contributed by atoms with Gasteiger partial charge in [-0.2, -0.15) is 0 Å². The average Bonchev–Trinajstić information content (AvgIpc) is 2.92. The molecule has 4 aromatic carbocycles. The molecule has 7 nitrogen and oxygen atoms in total. The number of para-hydroxylation sites is 1. The van der Waals surface area contributed by atoms with E-state index in [4.69, 9.17) is 11.6 Å². The van der Waals surface area contributed by atoms with Gasteiger partial charge in [0.15, 0.2) is 0 Å². The lowest BCUT2D eigenvalue weighted by Gasteiger charge is -2.48. The minimum Gasteiger partial charge on any atom is -0.508 e. The molecule has 0 aromatic heterocycles. The van der Waals surface area contributed by atoms with Crippen molar-refractivity contribution >= 4 is 36.1 Å². The zero-order chi connectivity index (χ0) is 27.7. The van der Waals surface area contributed by atoms with E-state index in [9.17, 15) is 29.4 Å². The van der Waals surface area contributed by atoms with Crippen LogP contribution in [0.15, 0.2) is 97.1 Å². The molecule has 9 heteroatoms. The van der Waals surface area contributed by atoms with Crippen LogP contribution in [0, 0.1) is 5.92 Å². The number of aliphatic hydroxyl groups is 1. The number of amides is 1. The second kappa shape index (κ2) is 11.0. The van der Waals surface area contributed by atoms with Crippen molar-refractivity contribution in [3.8, 4) is 16.9 Å². The Labute approximate surface area is 231 Å². The van der Waals surface area contributed by atoms with Crippen LogP contribution in [-0.4, -0.2) is 25.9 Å². The Hall–Kier alpha value is -3.45. The lowest BCUT2D eigenvalue weighted by molar-refractivity contribution is -0.131. The molecule has 1 aliphatic rings. The van der Waals surface area contributed by atoms with E-state index >= 15 is 0 Å². The Balaban J connectivity index is 1.44.